The number of aromatic nitrogens is 2. The summed E-state index contributed by atoms with van der Waals surface area (Å²) in [6.07, 6.45) is 4.81. The molecule has 7 heteroatoms. The molecule has 1 atom stereocenters. The fourth-order valence-corrected chi connectivity index (χ4v) is 4.48. The first-order chi connectivity index (χ1) is 16.1. The van der Waals surface area contributed by atoms with E-state index < -0.39 is 11.6 Å². The molecular weight excluding hydrogens is 422 g/mol. The highest BCUT2D eigenvalue weighted by atomic mass is 19.2. The molecule has 0 bridgehead atoms. The van der Waals surface area contributed by atoms with E-state index >= 15 is 0 Å². The zero-order chi connectivity index (χ0) is 22.8. The fourth-order valence-electron chi connectivity index (χ4n) is 4.48. The van der Waals surface area contributed by atoms with E-state index in [-0.39, 0.29) is 17.5 Å². The van der Waals surface area contributed by atoms with Crippen LogP contribution in [-0.2, 0) is 11.2 Å². The minimum Gasteiger partial charge on any atom is -0.367 e. The highest BCUT2D eigenvalue weighted by Gasteiger charge is 2.26. The van der Waals surface area contributed by atoms with E-state index in [1.165, 1.54) is 6.20 Å². The number of hydrogen-bond donors (Lipinski definition) is 1. The Morgan fingerprint density at radius 3 is 2.64 bits per heavy atom. The van der Waals surface area contributed by atoms with Gasteiger partial charge >= 0.3 is 0 Å². The van der Waals surface area contributed by atoms with Crippen LogP contribution in [0.25, 0.3) is 21.8 Å². The summed E-state index contributed by atoms with van der Waals surface area (Å²) in [5.41, 5.74) is 1.58. The van der Waals surface area contributed by atoms with Gasteiger partial charge in [-0.25, -0.2) is 13.8 Å². The van der Waals surface area contributed by atoms with Crippen molar-refractivity contribution in [2.75, 3.05) is 18.4 Å². The highest BCUT2D eigenvalue weighted by molar-refractivity contribution is 5.85. The number of benzene rings is 3. The molecule has 0 saturated carbocycles. The molecule has 1 aliphatic rings. The van der Waals surface area contributed by atoms with E-state index in [4.69, 9.17) is 0 Å². The summed E-state index contributed by atoms with van der Waals surface area (Å²) in [5, 5.41) is 5.52. The lowest BCUT2D eigenvalue weighted by molar-refractivity contribution is -0.133. The molecule has 3 aromatic carbocycles. The lowest BCUT2D eigenvalue weighted by atomic mass is 9.99. The number of hydrogen-bond acceptors (Lipinski definition) is 4. The Balaban J connectivity index is 1.27. The van der Waals surface area contributed by atoms with Crippen LogP contribution < -0.4 is 5.32 Å². The Labute approximate surface area is 190 Å². The van der Waals surface area contributed by atoms with Gasteiger partial charge in [-0.05, 0) is 35.6 Å². The average molecular weight is 447 g/mol. The van der Waals surface area contributed by atoms with Gasteiger partial charge in [0.05, 0.1) is 23.7 Å². The molecule has 168 valence electrons. The molecule has 4 aromatic rings. The van der Waals surface area contributed by atoms with Gasteiger partial charge in [0.2, 0.25) is 5.91 Å². The fraction of sp³-hybridized carbons (Fsp3) is 0.269. The van der Waals surface area contributed by atoms with Crippen LogP contribution in [0.2, 0.25) is 0 Å². The van der Waals surface area contributed by atoms with Crippen LogP contribution in [0, 0.1) is 11.6 Å². The molecule has 1 unspecified atom stereocenters. The molecule has 0 aliphatic carbocycles. The summed E-state index contributed by atoms with van der Waals surface area (Å²) in [6, 6.07) is 16.4. The van der Waals surface area contributed by atoms with Crippen molar-refractivity contribution in [2.45, 2.75) is 31.7 Å². The number of nitrogens with zero attached hydrogens (tertiary/aromatic N) is 3. The van der Waals surface area contributed by atoms with Crippen molar-refractivity contribution in [3.8, 4) is 0 Å². The van der Waals surface area contributed by atoms with E-state index in [1.807, 2.05) is 23.1 Å². The minimum atomic E-state index is -0.952. The maximum absolute atomic E-state index is 13.6. The Kier molecular flexibility index (Phi) is 5.86. The van der Waals surface area contributed by atoms with Crippen LogP contribution in [0.3, 0.4) is 0 Å². The molecule has 5 rings (SSSR count). The van der Waals surface area contributed by atoms with Crippen molar-refractivity contribution in [1.29, 1.82) is 0 Å². The number of carbonyl (C=O) groups excluding carboxylic acids is 1. The summed E-state index contributed by atoms with van der Waals surface area (Å²) in [7, 11) is 0. The first-order valence-corrected chi connectivity index (χ1v) is 11.2. The van der Waals surface area contributed by atoms with Gasteiger partial charge in [0.25, 0.3) is 0 Å². The first-order valence-electron chi connectivity index (χ1n) is 11.2. The van der Waals surface area contributed by atoms with E-state index in [0.29, 0.717) is 24.3 Å². The maximum atomic E-state index is 13.6. The Hall–Kier alpha value is -3.61. The lowest BCUT2D eigenvalue weighted by Crippen LogP contribution is -2.47. The third kappa shape index (κ3) is 4.62. The number of nitrogens with one attached hydrogen (secondary N) is 1. The molecule has 0 spiro atoms. The number of carbonyl (C=O) groups is 1. The van der Waals surface area contributed by atoms with Crippen molar-refractivity contribution < 1.29 is 13.6 Å². The SMILES string of the molecule is O=C(Cc1ccc2ccccc2c1)N1CCCCC1CNc1cnc2cc(F)c(F)cc2n1. The molecule has 1 aromatic heterocycles. The second-order valence-corrected chi connectivity index (χ2v) is 8.49. The maximum Gasteiger partial charge on any atom is 0.227 e. The second kappa shape index (κ2) is 9.10. The van der Waals surface area contributed by atoms with Gasteiger partial charge in [-0.3, -0.25) is 9.78 Å². The van der Waals surface area contributed by atoms with Crippen molar-refractivity contribution in [2.24, 2.45) is 0 Å². The van der Waals surface area contributed by atoms with Crippen LogP contribution in [-0.4, -0.2) is 39.9 Å². The van der Waals surface area contributed by atoms with E-state index in [2.05, 4.69) is 39.6 Å². The molecule has 2 heterocycles. The number of anilines is 1. The average Bonchev–Trinajstić information content (AvgIpc) is 2.83. The number of likely N-dealkylation sites (tertiary alicyclic amines) is 1. The predicted octanol–water partition coefficient (Wildman–Crippen LogP) is 5.10. The highest BCUT2D eigenvalue weighted by Crippen LogP contribution is 2.22. The Morgan fingerprint density at radius 2 is 1.79 bits per heavy atom. The van der Waals surface area contributed by atoms with E-state index in [1.54, 1.807) is 0 Å². The van der Waals surface area contributed by atoms with Gasteiger partial charge in [-0.1, -0.05) is 42.5 Å². The zero-order valence-electron chi connectivity index (χ0n) is 18.1. The lowest BCUT2D eigenvalue weighted by Gasteiger charge is -2.36. The summed E-state index contributed by atoms with van der Waals surface area (Å²) < 4.78 is 27.0. The van der Waals surface area contributed by atoms with Crippen molar-refractivity contribution >= 4 is 33.5 Å². The third-order valence-corrected chi connectivity index (χ3v) is 6.22. The minimum absolute atomic E-state index is 0.0363. The summed E-state index contributed by atoms with van der Waals surface area (Å²) in [6.45, 7) is 1.25. The summed E-state index contributed by atoms with van der Waals surface area (Å²) in [4.78, 5) is 23.6. The standard InChI is InChI=1S/C26H24F2N4O/c27-21-13-23-24(14-22(21)28)31-25(16-29-23)30-15-20-7-3-4-10-32(20)26(33)12-17-8-9-18-5-1-2-6-19(18)11-17/h1-2,5-6,8-9,11,13-14,16,20H,3-4,7,10,12,15H2,(H,30,31). The number of amides is 1. The van der Waals surface area contributed by atoms with Gasteiger partial charge in [-0.2, -0.15) is 0 Å². The predicted molar refractivity (Wildman–Crippen MR) is 125 cm³/mol. The van der Waals surface area contributed by atoms with Gasteiger partial charge in [0, 0.05) is 31.3 Å². The van der Waals surface area contributed by atoms with Crippen LogP contribution in [0.1, 0.15) is 24.8 Å². The van der Waals surface area contributed by atoms with Gasteiger partial charge < -0.3 is 10.2 Å². The number of rotatable bonds is 5. The normalized spacial score (nSPS) is 16.3. The largest absolute Gasteiger partial charge is 0.367 e. The number of fused-ring (bicyclic) bond motifs is 2. The van der Waals surface area contributed by atoms with Crippen molar-refractivity contribution in [3.63, 3.8) is 0 Å². The van der Waals surface area contributed by atoms with Gasteiger partial charge in [-0.15, -0.1) is 0 Å². The van der Waals surface area contributed by atoms with E-state index in [9.17, 15) is 13.6 Å². The molecule has 1 saturated heterocycles. The first kappa shape index (κ1) is 21.2. The zero-order valence-corrected chi connectivity index (χ0v) is 18.1. The second-order valence-electron chi connectivity index (χ2n) is 8.49. The number of halogens is 2. The summed E-state index contributed by atoms with van der Waals surface area (Å²) in [5.74, 6) is -1.31. The van der Waals surface area contributed by atoms with Crippen molar-refractivity contribution in [1.82, 2.24) is 14.9 Å². The molecule has 5 nitrogen and oxygen atoms in total. The summed E-state index contributed by atoms with van der Waals surface area (Å²) >= 11 is 0. The number of piperidine rings is 1. The Morgan fingerprint density at radius 1 is 1.00 bits per heavy atom. The quantitative estimate of drug-likeness (QED) is 0.464. The Bertz CT molecular complexity index is 1330. The smallest absolute Gasteiger partial charge is 0.227 e. The van der Waals surface area contributed by atoms with Crippen LogP contribution in [0.4, 0.5) is 14.6 Å². The van der Waals surface area contributed by atoms with Crippen molar-refractivity contribution in [3.05, 3.63) is 78.0 Å². The molecule has 1 fully saturated rings. The monoisotopic (exact) mass is 446 g/mol. The topological polar surface area (TPSA) is 58.1 Å². The molecule has 1 N–H and O–H groups in total. The molecular formula is C26H24F2N4O. The van der Waals surface area contributed by atoms with Gasteiger partial charge in [0.15, 0.2) is 11.6 Å². The molecule has 0 radical (unpaired) electrons. The molecule has 1 amide bonds. The molecule has 33 heavy (non-hydrogen) atoms. The van der Waals surface area contributed by atoms with Gasteiger partial charge in [0.1, 0.15) is 5.82 Å². The third-order valence-electron chi connectivity index (χ3n) is 6.22. The van der Waals surface area contributed by atoms with Crippen LogP contribution >= 0.6 is 0 Å². The van der Waals surface area contributed by atoms with Crippen LogP contribution in [0.15, 0.2) is 60.8 Å². The molecule has 1 aliphatic heterocycles. The van der Waals surface area contributed by atoms with E-state index in [0.717, 1.165) is 54.3 Å². The van der Waals surface area contributed by atoms with Crippen LogP contribution in [0.5, 0.6) is 0 Å².